The molecule has 3 aromatic rings. The van der Waals surface area contributed by atoms with E-state index in [1.807, 2.05) is 30.5 Å². The lowest BCUT2D eigenvalue weighted by atomic mass is 9.64. The summed E-state index contributed by atoms with van der Waals surface area (Å²) in [6.45, 7) is 7.18. The Morgan fingerprint density at radius 3 is 2.59 bits per heavy atom. The van der Waals surface area contributed by atoms with Crippen molar-refractivity contribution in [2.45, 2.75) is 77.2 Å². The SMILES string of the molecule is C[C@@H]1CC[C@@H](C(C)(C)c2ccccc2)[C@H](OC(=O)C[C@@H](CCO)CC(=O)NCCc2c[nH]c3ccccc23)C1. The summed E-state index contributed by atoms with van der Waals surface area (Å²) in [5.41, 5.74) is 3.38. The zero-order valence-electron chi connectivity index (χ0n) is 23.6. The molecular formula is C33H44N2O4. The quantitative estimate of drug-likeness (QED) is 0.252. The Hall–Kier alpha value is -3.12. The lowest BCUT2D eigenvalue weighted by Gasteiger charge is -2.44. The first-order chi connectivity index (χ1) is 18.8. The summed E-state index contributed by atoms with van der Waals surface area (Å²) >= 11 is 0. The molecule has 6 nitrogen and oxygen atoms in total. The molecule has 4 atom stereocenters. The van der Waals surface area contributed by atoms with Gasteiger partial charge >= 0.3 is 5.97 Å². The summed E-state index contributed by atoms with van der Waals surface area (Å²) in [6, 6.07) is 18.6. The number of hydrogen-bond donors (Lipinski definition) is 3. The Kier molecular flexibility index (Phi) is 9.84. The van der Waals surface area contributed by atoms with Crippen LogP contribution in [0.2, 0.25) is 0 Å². The van der Waals surface area contributed by atoms with E-state index in [0.29, 0.717) is 18.9 Å². The highest BCUT2D eigenvalue weighted by molar-refractivity contribution is 5.83. The first-order valence-corrected chi connectivity index (χ1v) is 14.5. The van der Waals surface area contributed by atoms with E-state index < -0.39 is 0 Å². The first-order valence-electron chi connectivity index (χ1n) is 14.5. The number of nitrogens with one attached hydrogen (secondary N) is 2. The third-order valence-corrected chi connectivity index (χ3v) is 8.64. The third-order valence-electron chi connectivity index (χ3n) is 8.64. The lowest BCUT2D eigenvalue weighted by molar-refractivity contribution is -0.158. The van der Waals surface area contributed by atoms with Crippen molar-refractivity contribution in [2.24, 2.45) is 17.8 Å². The highest BCUT2D eigenvalue weighted by atomic mass is 16.5. The van der Waals surface area contributed by atoms with Crippen LogP contribution in [0.4, 0.5) is 0 Å². The number of aromatic amines is 1. The molecule has 210 valence electrons. The van der Waals surface area contributed by atoms with Crippen molar-refractivity contribution in [3.8, 4) is 0 Å². The Morgan fingerprint density at radius 1 is 1.08 bits per heavy atom. The van der Waals surface area contributed by atoms with E-state index in [4.69, 9.17) is 4.74 Å². The summed E-state index contributed by atoms with van der Waals surface area (Å²) in [5.74, 6) is 0.103. The van der Waals surface area contributed by atoms with E-state index in [-0.39, 0.29) is 54.7 Å². The fourth-order valence-electron chi connectivity index (χ4n) is 6.29. The van der Waals surface area contributed by atoms with Crippen molar-refractivity contribution in [3.63, 3.8) is 0 Å². The van der Waals surface area contributed by atoms with E-state index in [1.54, 1.807) is 0 Å². The number of benzene rings is 2. The minimum atomic E-state index is -0.270. The Labute approximate surface area is 232 Å². The number of H-pyrrole nitrogens is 1. The second kappa shape index (κ2) is 13.3. The molecular weight excluding hydrogens is 488 g/mol. The molecule has 4 rings (SSSR count). The molecule has 6 heteroatoms. The van der Waals surface area contributed by atoms with E-state index in [9.17, 15) is 14.7 Å². The third kappa shape index (κ3) is 7.51. The summed E-state index contributed by atoms with van der Waals surface area (Å²) < 4.78 is 6.16. The number of esters is 1. The van der Waals surface area contributed by atoms with Crippen LogP contribution in [0.25, 0.3) is 10.9 Å². The number of carbonyl (C=O) groups is 2. The van der Waals surface area contributed by atoms with Gasteiger partial charge in [0.25, 0.3) is 0 Å². The molecule has 0 aliphatic heterocycles. The number of para-hydroxylation sites is 1. The van der Waals surface area contributed by atoms with Crippen molar-refractivity contribution in [1.82, 2.24) is 10.3 Å². The molecule has 1 amide bonds. The van der Waals surface area contributed by atoms with Crippen molar-refractivity contribution in [3.05, 3.63) is 71.9 Å². The van der Waals surface area contributed by atoms with E-state index in [2.05, 4.69) is 61.4 Å². The fraction of sp³-hybridized carbons (Fsp3) is 0.515. The van der Waals surface area contributed by atoms with Crippen molar-refractivity contribution in [1.29, 1.82) is 0 Å². The van der Waals surface area contributed by atoms with Gasteiger partial charge in [0.2, 0.25) is 5.91 Å². The molecule has 1 aliphatic rings. The van der Waals surface area contributed by atoms with Gasteiger partial charge in [-0.05, 0) is 60.1 Å². The molecule has 0 unspecified atom stereocenters. The van der Waals surface area contributed by atoms with E-state index in [0.717, 1.165) is 36.8 Å². The number of ether oxygens (including phenoxy) is 1. The average molecular weight is 533 g/mol. The fourth-order valence-corrected chi connectivity index (χ4v) is 6.29. The van der Waals surface area contributed by atoms with Crippen molar-refractivity contribution < 1.29 is 19.4 Å². The van der Waals surface area contributed by atoms with Crippen molar-refractivity contribution in [2.75, 3.05) is 13.2 Å². The van der Waals surface area contributed by atoms with Crippen LogP contribution in [0, 0.1) is 17.8 Å². The Morgan fingerprint density at radius 2 is 1.82 bits per heavy atom. The highest BCUT2D eigenvalue weighted by Gasteiger charge is 2.42. The predicted molar refractivity (Wildman–Crippen MR) is 155 cm³/mol. The highest BCUT2D eigenvalue weighted by Crippen LogP contribution is 2.43. The topological polar surface area (TPSA) is 91.4 Å². The molecule has 1 aliphatic carbocycles. The minimum Gasteiger partial charge on any atom is -0.462 e. The molecule has 3 N–H and O–H groups in total. The van der Waals surface area contributed by atoms with Gasteiger partial charge in [-0.15, -0.1) is 0 Å². The maximum absolute atomic E-state index is 13.1. The number of amides is 1. The monoisotopic (exact) mass is 532 g/mol. The molecule has 0 saturated heterocycles. The van der Waals surface area contributed by atoms with Crippen molar-refractivity contribution >= 4 is 22.8 Å². The van der Waals surface area contributed by atoms with Gasteiger partial charge in [0.1, 0.15) is 6.10 Å². The van der Waals surface area contributed by atoms with Gasteiger partial charge in [0.05, 0.1) is 0 Å². The van der Waals surface area contributed by atoms with Crippen LogP contribution < -0.4 is 5.32 Å². The summed E-state index contributed by atoms with van der Waals surface area (Å²) in [4.78, 5) is 29.1. The number of aliphatic hydroxyl groups is 1. The summed E-state index contributed by atoms with van der Waals surface area (Å²) in [5, 5.41) is 13.8. The van der Waals surface area contributed by atoms with Gasteiger partial charge in [0.15, 0.2) is 0 Å². The first kappa shape index (κ1) is 28.9. The molecule has 1 saturated carbocycles. The molecule has 0 bridgehead atoms. The normalized spacial score (nSPS) is 20.5. The lowest BCUT2D eigenvalue weighted by Crippen LogP contribution is -2.43. The van der Waals surface area contributed by atoms with Crippen LogP contribution in [-0.4, -0.2) is 41.2 Å². The van der Waals surface area contributed by atoms with Gasteiger partial charge in [-0.3, -0.25) is 9.59 Å². The predicted octanol–water partition coefficient (Wildman–Crippen LogP) is 5.93. The second-order valence-corrected chi connectivity index (χ2v) is 11.9. The number of hydrogen-bond acceptors (Lipinski definition) is 4. The Balaban J connectivity index is 1.31. The van der Waals surface area contributed by atoms with Crippen LogP contribution in [0.15, 0.2) is 60.8 Å². The minimum absolute atomic E-state index is 0.0648. The van der Waals surface area contributed by atoms with Crippen LogP contribution in [-0.2, 0) is 26.2 Å². The number of carbonyl (C=O) groups excluding carboxylic acids is 2. The number of aliphatic hydroxyl groups excluding tert-OH is 1. The summed E-state index contributed by atoms with van der Waals surface area (Å²) in [7, 11) is 0. The van der Waals surface area contributed by atoms with Gasteiger partial charge in [-0.2, -0.15) is 0 Å². The van der Waals surface area contributed by atoms with Gasteiger partial charge in [0, 0.05) is 49.0 Å². The molecule has 1 heterocycles. The standard InChI is InChI=1S/C33H44N2O4/c1-23-13-14-28(33(2,3)26-9-5-4-6-10-26)30(19-23)39-32(38)21-24(16-18-36)20-31(37)34-17-15-25-22-35-29-12-8-7-11-27(25)29/h4-12,22-24,28,30,35-36H,13-21H2,1-3H3,(H,34,37)/t23-,24+,28-,30-/m1/s1. The summed E-state index contributed by atoms with van der Waals surface area (Å²) in [6.07, 6.45) is 6.28. The van der Waals surface area contributed by atoms with Gasteiger partial charge in [-0.1, -0.05) is 75.7 Å². The number of aromatic nitrogens is 1. The largest absolute Gasteiger partial charge is 0.462 e. The Bertz CT molecular complexity index is 1220. The molecule has 2 aromatic carbocycles. The van der Waals surface area contributed by atoms with E-state index in [1.165, 1.54) is 10.9 Å². The van der Waals surface area contributed by atoms with Crippen LogP contribution >= 0.6 is 0 Å². The smallest absolute Gasteiger partial charge is 0.306 e. The average Bonchev–Trinajstić information content (AvgIpc) is 3.32. The maximum atomic E-state index is 13.1. The van der Waals surface area contributed by atoms with Crippen LogP contribution in [0.3, 0.4) is 0 Å². The number of fused-ring (bicyclic) bond motifs is 1. The molecule has 0 spiro atoms. The molecule has 1 aromatic heterocycles. The molecule has 0 radical (unpaired) electrons. The van der Waals surface area contributed by atoms with Crippen LogP contribution in [0.5, 0.6) is 0 Å². The van der Waals surface area contributed by atoms with Gasteiger partial charge in [-0.25, -0.2) is 0 Å². The maximum Gasteiger partial charge on any atom is 0.306 e. The number of rotatable bonds is 12. The second-order valence-electron chi connectivity index (χ2n) is 11.9. The zero-order valence-corrected chi connectivity index (χ0v) is 23.6. The van der Waals surface area contributed by atoms with Gasteiger partial charge < -0.3 is 20.1 Å². The zero-order chi connectivity index (χ0) is 27.8. The molecule has 39 heavy (non-hydrogen) atoms. The van der Waals surface area contributed by atoms with E-state index >= 15 is 0 Å². The molecule has 1 fully saturated rings. The van der Waals surface area contributed by atoms with Crippen LogP contribution in [0.1, 0.15) is 70.4 Å².